The molecule has 2 rings (SSSR count). The van der Waals surface area contributed by atoms with Gasteiger partial charge in [-0.2, -0.15) is 0 Å². The molecule has 82 valence electrons. The van der Waals surface area contributed by atoms with Crippen molar-refractivity contribution in [2.24, 2.45) is 4.99 Å². The minimum atomic E-state index is -0.427. The Bertz CT molecular complexity index is 489. The summed E-state index contributed by atoms with van der Waals surface area (Å²) in [5, 5.41) is 0. The highest BCUT2D eigenvalue weighted by Crippen LogP contribution is 2.23. The number of benzene rings is 1. The molecule has 1 aromatic carbocycles. The number of hydrogen-bond acceptors (Lipinski definition) is 4. The molecule has 1 heterocycles. The zero-order valence-corrected chi connectivity index (χ0v) is 9.06. The van der Waals surface area contributed by atoms with Crippen molar-refractivity contribution in [3.05, 3.63) is 41.6 Å². The van der Waals surface area contributed by atoms with E-state index in [-0.39, 0.29) is 5.90 Å². The Morgan fingerprint density at radius 3 is 2.75 bits per heavy atom. The first-order chi connectivity index (χ1) is 7.76. The topological polar surface area (TPSA) is 47.9 Å². The minimum Gasteiger partial charge on any atom is -0.496 e. The van der Waals surface area contributed by atoms with Crippen LogP contribution in [0.3, 0.4) is 0 Å². The van der Waals surface area contributed by atoms with Gasteiger partial charge in [-0.25, -0.2) is 9.79 Å². The smallest absolute Gasteiger partial charge is 0.363 e. The molecule has 1 aromatic rings. The molecule has 0 N–H and O–H groups in total. The van der Waals surface area contributed by atoms with Crippen LogP contribution in [0.4, 0.5) is 0 Å². The fraction of sp³-hybridized carbons (Fsp3) is 0.167. The van der Waals surface area contributed by atoms with Gasteiger partial charge in [-0.05, 0) is 19.1 Å². The lowest BCUT2D eigenvalue weighted by molar-refractivity contribution is -0.130. The van der Waals surface area contributed by atoms with Crippen molar-refractivity contribution < 1.29 is 14.3 Å². The van der Waals surface area contributed by atoms with Crippen LogP contribution in [0.15, 0.2) is 41.0 Å². The summed E-state index contributed by atoms with van der Waals surface area (Å²) >= 11 is 0. The van der Waals surface area contributed by atoms with Gasteiger partial charge in [0.05, 0.1) is 12.7 Å². The summed E-state index contributed by atoms with van der Waals surface area (Å²) in [7, 11) is 1.56. The quantitative estimate of drug-likeness (QED) is 0.561. The van der Waals surface area contributed by atoms with Crippen molar-refractivity contribution >= 4 is 11.9 Å². The third-order valence-corrected chi connectivity index (χ3v) is 2.23. The third kappa shape index (κ3) is 1.69. The highest BCUT2D eigenvalue weighted by Gasteiger charge is 2.25. The Morgan fingerprint density at radius 2 is 2.12 bits per heavy atom. The number of carbonyl (C=O) groups excluding carboxylic acids is 1. The number of ether oxygens (including phenoxy) is 2. The molecule has 0 atom stereocenters. The van der Waals surface area contributed by atoms with E-state index in [2.05, 4.69) is 4.99 Å². The van der Waals surface area contributed by atoms with E-state index in [1.165, 1.54) is 0 Å². The van der Waals surface area contributed by atoms with Crippen LogP contribution >= 0.6 is 0 Å². The molecule has 0 unspecified atom stereocenters. The zero-order valence-electron chi connectivity index (χ0n) is 9.06. The lowest BCUT2D eigenvalue weighted by Crippen LogP contribution is -2.06. The lowest BCUT2D eigenvalue weighted by atomic mass is 10.2. The number of nitrogens with zero attached hydrogens (tertiary/aromatic N) is 1. The normalized spacial score (nSPS) is 17.2. The van der Waals surface area contributed by atoms with Gasteiger partial charge in [0.25, 0.3) is 0 Å². The average molecular weight is 217 g/mol. The number of carbonyl (C=O) groups is 1. The zero-order chi connectivity index (χ0) is 11.5. The maximum atomic E-state index is 11.3. The van der Waals surface area contributed by atoms with E-state index in [1.807, 2.05) is 12.1 Å². The molecule has 0 saturated carbocycles. The molecule has 1 aliphatic heterocycles. The number of para-hydroxylation sites is 1. The summed E-state index contributed by atoms with van der Waals surface area (Å²) in [6.45, 7) is 1.74. The van der Waals surface area contributed by atoms with Crippen molar-refractivity contribution in [3.8, 4) is 5.75 Å². The second-order valence-corrected chi connectivity index (χ2v) is 3.18. The highest BCUT2D eigenvalue weighted by atomic mass is 16.6. The molecule has 0 spiro atoms. The van der Waals surface area contributed by atoms with Gasteiger partial charge in [0.2, 0.25) is 5.90 Å². The molecular formula is C12H11NO3. The summed E-state index contributed by atoms with van der Waals surface area (Å²) < 4.78 is 10.2. The Balaban J connectivity index is 2.43. The second kappa shape index (κ2) is 4.18. The van der Waals surface area contributed by atoms with Crippen molar-refractivity contribution in [1.29, 1.82) is 0 Å². The van der Waals surface area contributed by atoms with Crippen molar-refractivity contribution in [1.82, 2.24) is 0 Å². The molecule has 0 fully saturated rings. The van der Waals surface area contributed by atoms with Crippen molar-refractivity contribution in [2.45, 2.75) is 6.92 Å². The van der Waals surface area contributed by atoms with Crippen LogP contribution in [0.1, 0.15) is 12.5 Å². The number of aliphatic imine (C=N–C) groups is 1. The maximum absolute atomic E-state index is 11.3. The Kier molecular flexibility index (Phi) is 2.72. The maximum Gasteiger partial charge on any atom is 0.363 e. The van der Waals surface area contributed by atoms with E-state index in [1.54, 1.807) is 32.2 Å². The molecule has 0 bridgehead atoms. The van der Waals surface area contributed by atoms with Gasteiger partial charge < -0.3 is 9.47 Å². The SMILES string of the molecule is C/C=C1\N=C(c2ccccc2OC)OC1=O. The van der Waals surface area contributed by atoms with E-state index in [0.717, 1.165) is 0 Å². The van der Waals surface area contributed by atoms with E-state index in [9.17, 15) is 4.79 Å². The van der Waals surface area contributed by atoms with Gasteiger partial charge in [0.15, 0.2) is 0 Å². The summed E-state index contributed by atoms with van der Waals surface area (Å²) in [4.78, 5) is 15.4. The van der Waals surface area contributed by atoms with Crippen LogP contribution in [0.5, 0.6) is 5.75 Å². The molecule has 1 aliphatic rings. The first-order valence-electron chi connectivity index (χ1n) is 4.87. The van der Waals surface area contributed by atoms with Crippen LogP contribution in [0, 0.1) is 0 Å². The summed E-state index contributed by atoms with van der Waals surface area (Å²) in [6.07, 6.45) is 1.62. The van der Waals surface area contributed by atoms with Crippen LogP contribution in [-0.4, -0.2) is 19.0 Å². The molecule has 0 amide bonds. The number of hydrogen-bond donors (Lipinski definition) is 0. The van der Waals surface area contributed by atoms with Gasteiger partial charge in [0, 0.05) is 0 Å². The average Bonchev–Trinajstić information content (AvgIpc) is 2.70. The monoisotopic (exact) mass is 217 g/mol. The van der Waals surface area contributed by atoms with Crippen LogP contribution in [-0.2, 0) is 9.53 Å². The van der Waals surface area contributed by atoms with Gasteiger partial charge in [-0.1, -0.05) is 18.2 Å². The van der Waals surface area contributed by atoms with Gasteiger partial charge in [-0.3, -0.25) is 0 Å². The molecule has 16 heavy (non-hydrogen) atoms. The first kappa shape index (κ1) is 10.4. The molecule has 0 saturated heterocycles. The van der Waals surface area contributed by atoms with E-state index in [4.69, 9.17) is 9.47 Å². The van der Waals surface area contributed by atoms with Crippen LogP contribution in [0.25, 0.3) is 0 Å². The molecular weight excluding hydrogens is 206 g/mol. The Labute approximate surface area is 93.2 Å². The minimum absolute atomic E-state index is 0.288. The molecule has 4 nitrogen and oxygen atoms in total. The molecule has 0 aromatic heterocycles. The second-order valence-electron chi connectivity index (χ2n) is 3.18. The largest absolute Gasteiger partial charge is 0.496 e. The van der Waals surface area contributed by atoms with Gasteiger partial charge >= 0.3 is 5.97 Å². The number of cyclic esters (lactones) is 1. The fourth-order valence-corrected chi connectivity index (χ4v) is 1.44. The van der Waals surface area contributed by atoms with E-state index >= 15 is 0 Å². The summed E-state index contributed by atoms with van der Waals surface area (Å²) in [6, 6.07) is 7.26. The van der Waals surface area contributed by atoms with Crippen LogP contribution < -0.4 is 4.74 Å². The number of methoxy groups -OCH3 is 1. The first-order valence-corrected chi connectivity index (χ1v) is 4.87. The molecule has 0 aliphatic carbocycles. The Morgan fingerprint density at radius 1 is 1.38 bits per heavy atom. The van der Waals surface area contributed by atoms with E-state index in [0.29, 0.717) is 17.0 Å². The number of esters is 1. The fourth-order valence-electron chi connectivity index (χ4n) is 1.44. The highest BCUT2D eigenvalue weighted by molar-refractivity contribution is 6.12. The Hall–Kier alpha value is -2.10. The predicted molar refractivity (Wildman–Crippen MR) is 59.4 cm³/mol. The van der Waals surface area contributed by atoms with Gasteiger partial charge in [0.1, 0.15) is 11.4 Å². The number of rotatable bonds is 2. The molecule has 4 heteroatoms. The summed E-state index contributed by atoms with van der Waals surface area (Å²) in [5.41, 5.74) is 0.996. The lowest BCUT2D eigenvalue weighted by Gasteiger charge is -2.05. The summed E-state index contributed by atoms with van der Waals surface area (Å²) in [5.74, 6) is 0.491. The standard InChI is InChI=1S/C12H11NO3/c1-3-9-12(14)16-11(13-9)8-6-4-5-7-10(8)15-2/h3-7H,1-2H3/b9-3-. The number of allylic oxidation sites excluding steroid dienone is 1. The van der Waals surface area contributed by atoms with Crippen LogP contribution in [0.2, 0.25) is 0 Å². The van der Waals surface area contributed by atoms with Gasteiger partial charge in [-0.15, -0.1) is 0 Å². The van der Waals surface area contributed by atoms with E-state index < -0.39 is 5.97 Å². The molecule has 0 radical (unpaired) electrons. The van der Waals surface area contributed by atoms with Crippen molar-refractivity contribution in [3.63, 3.8) is 0 Å². The van der Waals surface area contributed by atoms with Crippen molar-refractivity contribution in [2.75, 3.05) is 7.11 Å². The predicted octanol–water partition coefficient (Wildman–Crippen LogP) is 1.90. The third-order valence-electron chi connectivity index (χ3n) is 2.23.